The number of carboxylic acid groups (broad SMARTS) is 1. The van der Waals surface area contributed by atoms with Crippen molar-refractivity contribution < 1.29 is 14.4 Å². The molecule has 5 nitrogen and oxygen atoms in total. The van der Waals surface area contributed by atoms with Crippen LogP contribution in [0.3, 0.4) is 0 Å². The van der Waals surface area contributed by atoms with Crippen molar-refractivity contribution in [1.82, 2.24) is 10.1 Å². The second-order valence-corrected chi connectivity index (χ2v) is 5.56. The smallest absolute Gasteiger partial charge is 0.303 e. The van der Waals surface area contributed by atoms with Crippen LogP contribution in [-0.2, 0) is 16.6 Å². The molecule has 0 amide bonds. The molecule has 1 aliphatic carbocycles. The van der Waals surface area contributed by atoms with Gasteiger partial charge in [0.1, 0.15) is 0 Å². The van der Waals surface area contributed by atoms with Crippen molar-refractivity contribution in [1.29, 1.82) is 0 Å². The number of hydrogen-bond donors (Lipinski definition) is 1. The molecule has 0 saturated heterocycles. The van der Waals surface area contributed by atoms with E-state index in [0.29, 0.717) is 18.7 Å². The van der Waals surface area contributed by atoms with Crippen LogP contribution in [0.25, 0.3) is 0 Å². The SMILES string of the molecule is O=C(O)CCCc1nc(C2(c3ccccc3)CCC2)no1. The fraction of sp³-hybridized carbons (Fsp3) is 0.438. The molecule has 0 spiro atoms. The number of nitrogens with zero attached hydrogens (tertiary/aromatic N) is 2. The summed E-state index contributed by atoms with van der Waals surface area (Å²) < 4.78 is 5.30. The van der Waals surface area contributed by atoms with Crippen molar-refractivity contribution >= 4 is 5.97 Å². The minimum absolute atomic E-state index is 0.115. The van der Waals surface area contributed by atoms with Crippen LogP contribution in [0.5, 0.6) is 0 Å². The maximum Gasteiger partial charge on any atom is 0.303 e. The zero-order valence-electron chi connectivity index (χ0n) is 11.8. The van der Waals surface area contributed by atoms with Gasteiger partial charge in [0, 0.05) is 12.8 Å². The number of aromatic nitrogens is 2. The number of benzene rings is 1. The third kappa shape index (κ3) is 2.68. The molecule has 0 radical (unpaired) electrons. The van der Waals surface area contributed by atoms with E-state index in [-0.39, 0.29) is 11.8 Å². The highest BCUT2D eigenvalue weighted by Crippen LogP contribution is 2.47. The Bertz CT molecular complexity index is 617. The Morgan fingerprint density at radius 1 is 1.29 bits per heavy atom. The summed E-state index contributed by atoms with van der Waals surface area (Å²) in [5, 5.41) is 12.8. The summed E-state index contributed by atoms with van der Waals surface area (Å²) in [6.07, 6.45) is 4.40. The Morgan fingerprint density at radius 3 is 2.67 bits per heavy atom. The Labute approximate surface area is 123 Å². The Balaban J connectivity index is 1.77. The zero-order chi connectivity index (χ0) is 14.7. The zero-order valence-corrected chi connectivity index (χ0v) is 11.8. The lowest BCUT2D eigenvalue weighted by Crippen LogP contribution is -2.36. The van der Waals surface area contributed by atoms with Crippen molar-refractivity contribution in [2.24, 2.45) is 0 Å². The highest BCUT2D eigenvalue weighted by atomic mass is 16.5. The molecular formula is C16H18N2O3. The number of rotatable bonds is 6. The second-order valence-electron chi connectivity index (χ2n) is 5.56. The van der Waals surface area contributed by atoms with E-state index in [1.54, 1.807) is 0 Å². The topological polar surface area (TPSA) is 76.2 Å². The van der Waals surface area contributed by atoms with Gasteiger partial charge in [-0.25, -0.2) is 0 Å². The number of carbonyl (C=O) groups is 1. The lowest BCUT2D eigenvalue weighted by molar-refractivity contribution is -0.137. The lowest BCUT2D eigenvalue weighted by Gasteiger charge is -2.39. The molecular weight excluding hydrogens is 268 g/mol. The number of hydrogen-bond acceptors (Lipinski definition) is 4. The normalized spacial score (nSPS) is 16.4. The fourth-order valence-corrected chi connectivity index (χ4v) is 2.87. The van der Waals surface area contributed by atoms with Crippen LogP contribution < -0.4 is 0 Å². The van der Waals surface area contributed by atoms with E-state index in [1.807, 2.05) is 18.2 Å². The summed E-state index contributed by atoms with van der Waals surface area (Å²) in [5.74, 6) is 0.480. The summed E-state index contributed by atoms with van der Waals surface area (Å²) in [6, 6.07) is 10.3. The van der Waals surface area contributed by atoms with Crippen LogP contribution in [0.2, 0.25) is 0 Å². The van der Waals surface area contributed by atoms with Crippen LogP contribution in [0.1, 0.15) is 49.4 Å². The Morgan fingerprint density at radius 2 is 2.05 bits per heavy atom. The predicted octanol–water partition coefficient (Wildman–Crippen LogP) is 2.95. The highest BCUT2D eigenvalue weighted by Gasteiger charge is 2.44. The van der Waals surface area contributed by atoms with E-state index < -0.39 is 5.97 Å². The molecule has 0 atom stereocenters. The van der Waals surface area contributed by atoms with Crippen molar-refractivity contribution in [2.45, 2.75) is 43.9 Å². The van der Waals surface area contributed by atoms with Gasteiger partial charge in [-0.15, -0.1) is 0 Å². The molecule has 110 valence electrons. The lowest BCUT2D eigenvalue weighted by atomic mass is 9.64. The first kappa shape index (κ1) is 13.8. The Hall–Kier alpha value is -2.17. The van der Waals surface area contributed by atoms with Crippen molar-refractivity contribution in [3.05, 3.63) is 47.6 Å². The van der Waals surface area contributed by atoms with Gasteiger partial charge in [-0.05, 0) is 24.8 Å². The van der Waals surface area contributed by atoms with Gasteiger partial charge in [-0.1, -0.05) is 41.9 Å². The van der Waals surface area contributed by atoms with Gasteiger partial charge >= 0.3 is 5.97 Å². The number of carboxylic acids is 1. The summed E-state index contributed by atoms with van der Waals surface area (Å²) in [6.45, 7) is 0. The predicted molar refractivity (Wildman–Crippen MR) is 75.9 cm³/mol. The van der Waals surface area contributed by atoms with Crippen molar-refractivity contribution in [3.8, 4) is 0 Å². The largest absolute Gasteiger partial charge is 0.481 e. The van der Waals surface area contributed by atoms with Gasteiger partial charge in [0.15, 0.2) is 5.82 Å². The van der Waals surface area contributed by atoms with Gasteiger partial charge in [0.25, 0.3) is 0 Å². The van der Waals surface area contributed by atoms with Gasteiger partial charge in [0.05, 0.1) is 5.41 Å². The third-order valence-corrected chi connectivity index (χ3v) is 4.21. The summed E-state index contributed by atoms with van der Waals surface area (Å²) in [5.41, 5.74) is 1.12. The molecule has 1 N–H and O–H groups in total. The van der Waals surface area contributed by atoms with Crippen molar-refractivity contribution in [3.63, 3.8) is 0 Å². The van der Waals surface area contributed by atoms with E-state index in [9.17, 15) is 4.79 Å². The first-order valence-electron chi connectivity index (χ1n) is 7.31. The minimum atomic E-state index is -0.797. The number of aliphatic carboxylic acids is 1. The monoisotopic (exact) mass is 286 g/mol. The average Bonchev–Trinajstić information content (AvgIpc) is 2.87. The average molecular weight is 286 g/mol. The maximum atomic E-state index is 10.5. The Kier molecular flexibility index (Phi) is 3.73. The third-order valence-electron chi connectivity index (χ3n) is 4.21. The van der Waals surface area contributed by atoms with E-state index >= 15 is 0 Å². The molecule has 1 aromatic carbocycles. The molecule has 0 aliphatic heterocycles. The van der Waals surface area contributed by atoms with Crippen molar-refractivity contribution in [2.75, 3.05) is 0 Å². The molecule has 1 fully saturated rings. The molecule has 1 aliphatic rings. The second kappa shape index (κ2) is 5.68. The standard InChI is InChI=1S/C16H18N2O3/c19-14(20)9-4-8-13-17-15(18-21-13)16(10-5-11-16)12-6-2-1-3-7-12/h1-3,6-7H,4-5,8-11H2,(H,19,20). The van der Waals surface area contributed by atoms with Crippen LogP contribution in [-0.4, -0.2) is 21.2 Å². The molecule has 1 saturated carbocycles. The molecule has 2 aromatic rings. The van der Waals surface area contributed by atoms with E-state index in [0.717, 1.165) is 25.1 Å². The van der Waals surface area contributed by atoms with E-state index in [2.05, 4.69) is 22.3 Å². The molecule has 3 rings (SSSR count). The van der Waals surface area contributed by atoms with E-state index in [4.69, 9.17) is 9.63 Å². The summed E-state index contributed by atoms with van der Waals surface area (Å²) >= 11 is 0. The van der Waals surface area contributed by atoms with Crippen LogP contribution in [0.4, 0.5) is 0 Å². The highest BCUT2D eigenvalue weighted by molar-refractivity contribution is 5.66. The molecule has 0 bridgehead atoms. The molecule has 0 unspecified atom stereocenters. The quantitative estimate of drug-likeness (QED) is 0.883. The first-order valence-corrected chi connectivity index (χ1v) is 7.31. The fourth-order valence-electron chi connectivity index (χ4n) is 2.87. The number of aryl methyl sites for hydroxylation is 1. The van der Waals surface area contributed by atoms with Gasteiger partial charge in [0.2, 0.25) is 5.89 Å². The van der Waals surface area contributed by atoms with Crippen LogP contribution >= 0.6 is 0 Å². The van der Waals surface area contributed by atoms with E-state index in [1.165, 1.54) is 5.56 Å². The van der Waals surface area contributed by atoms with Gasteiger partial charge in [-0.3, -0.25) is 4.79 Å². The maximum absolute atomic E-state index is 10.5. The summed E-state index contributed by atoms with van der Waals surface area (Å²) in [7, 11) is 0. The van der Waals surface area contributed by atoms with Crippen LogP contribution in [0, 0.1) is 0 Å². The molecule has 1 aromatic heterocycles. The molecule has 5 heteroatoms. The van der Waals surface area contributed by atoms with Gasteiger partial charge < -0.3 is 9.63 Å². The minimum Gasteiger partial charge on any atom is -0.481 e. The molecule has 21 heavy (non-hydrogen) atoms. The molecule has 1 heterocycles. The summed E-state index contributed by atoms with van der Waals surface area (Å²) in [4.78, 5) is 15.0. The van der Waals surface area contributed by atoms with Crippen LogP contribution in [0.15, 0.2) is 34.9 Å². The first-order chi connectivity index (χ1) is 10.2. The van der Waals surface area contributed by atoms with Gasteiger partial charge in [-0.2, -0.15) is 4.98 Å².